The van der Waals surface area contributed by atoms with Gasteiger partial charge >= 0.3 is 12.1 Å². The number of carboxylic acids is 1. The number of carbonyl (C=O) groups excluding carboxylic acids is 1. The number of hydrogen-bond acceptors (Lipinski definition) is 5. The lowest BCUT2D eigenvalue weighted by Gasteiger charge is -2.34. The van der Waals surface area contributed by atoms with Gasteiger partial charge in [0.25, 0.3) is 5.56 Å². The molecule has 8 nitrogen and oxygen atoms in total. The van der Waals surface area contributed by atoms with E-state index in [1.165, 1.54) is 11.8 Å². The number of benzene rings is 2. The van der Waals surface area contributed by atoms with Gasteiger partial charge in [-0.25, -0.2) is 0 Å². The summed E-state index contributed by atoms with van der Waals surface area (Å²) in [4.78, 5) is 42.5. The molecule has 0 radical (unpaired) electrons. The van der Waals surface area contributed by atoms with Crippen LogP contribution in [0.1, 0.15) is 116 Å². The molecule has 6 rings (SSSR count). The molecule has 1 saturated heterocycles. The molecule has 2 aliphatic carbocycles. The Morgan fingerprint density at radius 2 is 1.67 bits per heavy atom. The summed E-state index contributed by atoms with van der Waals surface area (Å²) in [5, 5.41) is 13.0. The molecular weight excluding hydrogens is 671 g/mol. The first kappa shape index (κ1) is 37.6. The van der Waals surface area contributed by atoms with Gasteiger partial charge in [-0.15, -0.1) is 0 Å². The first-order chi connectivity index (χ1) is 24.6. The molecule has 52 heavy (non-hydrogen) atoms. The zero-order chi connectivity index (χ0) is 37.5. The molecule has 1 amide bonds. The minimum absolute atomic E-state index is 0.0414. The van der Waals surface area contributed by atoms with Crippen LogP contribution in [0.4, 0.5) is 13.2 Å². The van der Waals surface area contributed by atoms with E-state index < -0.39 is 53.6 Å². The Balaban J connectivity index is 1.38. The SMILES string of the molecule is COc1cc(C)c(-c2cc([C@H](CC(=O)O)NC(=O)[C@@H](CC(C)C)n3cc(C4CCN(C5CC5)CC4)c(C(F)(F)F)cc3=O)cc3c2CCC3)c(C)c1. The summed E-state index contributed by atoms with van der Waals surface area (Å²) >= 11 is 0. The van der Waals surface area contributed by atoms with Crippen LogP contribution in [0.5, 0.6) is 5.75 Å². The van der Waals surface area contributed by atoms with Crippen LogP contribution in [0.3, 0.4) is 0 Å². The molecule has 3 aromatic rings. The van der Waals surface area contributed by atoms with E-state index in [-0.39, 0.29) is 17.9 Å². The van der Waals surface area contributed by atoms with E-state index in [0.717, 1.165) is 70.2 Å². The number of hydrogen-bond donors (Lipinski definition) is 2. The van der Waals surface area contributed by atoms with Gasteiger partial charge in [0.15, 0.2) is 0 Å². The second-order valence-corrected chi connectivity index (χ2v) is 15.4. The normalized spacial score (nSPS) is 17.9. The third kappa shape index (κ3) is 8.09. The number of carboxylic acid groups (broad SMARTS) is 1. The third-order valence-electron chi connectivity index (χ3n) is 11.1. The van der Waals surface area contributed by atoms with E-state index in [0.29, 0.717) is 43.6 Å². The molecule has 0 spiro atoms. The third-order valence-corrected chi connectivity index (χ3v) is 11.1. The fraction of sp³-hybridized carbons (Fsp3) is 0.537. The lowest BCUT2D eigenvalue weighted by molar-refractivity contribution is -0.139. The summed E-state index contributed by atoms with van der Waals surface area (Å²) in [5.41, 5.74) is 5.16. The van der Waals surface area contributed by atoms with Gasteiger partial charge in [-0.05, 0) is 153 Å². The van der Waals surface area contributed by atoms with Crippen LogP contribution in [0.25, 0.3) is 11.1 Å². The number of amides is 1. The van der Waals surface area contributed by atoms with E-state index in [1.54, 1.807) is 7.11 Å². The molecule has 2 aromatic carbocycles. The highest BCUT2D eigenvalue weighted by Crippen LogP contribution is 2.42. The number of alkyl halides is 3. The van der Waals surface area contributed by atoms with E-state index >= 15 is 0 Å². The van der Waals surface area contributed by atoms with Crippen LogP contribution in [-0.2, 0) is 28.6 Å². The van der Waals surface area contributed by atoms with E-state index in [2.05, 4.69) is 10.2 Å². The quantitative estimate of drug-likeness (QED) is 0.197. The Morgan fingerprint density at radius 3 is 2.25 bits per heavy atom. The number of rotatable bonds is 12. The van der Waals surface area contributed by atoms with Gasteiger partial charge in [0.05, 0.1) is 25.1 Å². The number of halogens is 3. The molecule has 0 bridgehead atoms. The van der Waals surface area contributed by atoms with Crippen molar-refractivity contribution in [3.05, 3.63) is 85.8 Å². The molecule has 3 aliphatic rings. The monoisotopic (exact) mass is 721 g/mol. The minimum Gasteiger partial charge on any atom is -0.497 e. The number of nitrogens with one attached hydrogen (secondary N) is 1. The van der Waals surface area contributed by atoms with Crippen molar-refractivity contribution in [2.24, 2.45) is 5.92 Å². The van der Waals surface area contributed by atoms with Crippen molar-refractivity contribution < 1.29 is 32.6 Å². The van der Waals surface area contributed by atoms with Gasteiger partial charge in [0, 0.05) is 18.3 Å². The van der Waals surface area contributed by atoms with Gasteiger partial charge in [0.1, 0.15) is 11.8 Å². The first-order valence-electron chi connectivity index (χ1n) is 18.5. The summed E-state index contributed by atoms with van der Waals surface area (Å²) in [5.74, 6) is -1.48. The summed E-state index contributed by atoms with van der Waals surface area (Å²) in [6.07, 6.45) is 2.25. The highest BCUT2D eigenvalue weighted by atomic mass is 19.4. The van der Waals surface area contributed by atoms with Crippen LogP contribution < -0.4 is 15.6 Å². The van der Waals surface area contributed by atoms with Crippen molar-refractivity contribution in [2.75, 3.05) is 20.2 Å². The average Bonchev–Trinajstić information content (AvgIpc) is 3.82. The molecule has 1 aromatic heterocycles. The zero-order valence-electron chi connectivity index (χ0n) is 30.7. The van der Waals surface area contributed by atoms with Crippen molar-refractivity contribution in [1.82, 2.24) is 14.8 Å². The summed E-state index contributed by atoms with van der Waals surface area (Å²) in [6.45, 7) is 9.17. The van der Waals surface area contributed by atoms with Gasteiger partial charge in [-0.3, -0.25) is 14.4 Å². The Kier molecular flexibility index (Phi) is 10.9. The molecule has 280 valence electrons. The predicted octanol–water partition coefficient (Wildman–Crippen LogP) is 7.91. The Labute approximate surface area is 303 Å². The number of likely N-dealkylation sites (tertiary alicyclic amines) is 1. The van der Waals surface area contributed by atoms with Crippen molar-refractivity contribution in [1.29, 1.82) is 0 Å². The van der Waals surface area contributed by atoms with Crippen LogP contribution in [-0.4, -0.2) is 52.7 Å². The van der Waals surface area contributed by atoms with Crippen LogP contribution in [0.2, 0.25) is 0 Å². The van der Waals surface area contributed by atoms with Crippen LogP contribution in [0, 0.1) is 19.8 Å². The molecule has 2 atom stereocenters. The fourth-order valence-electron chi connectivity index (χ4n) is 8.50. The number of pyridine rings is 1. The van der Waals surface area contributed by atoms with Gasteiger partial charge < -0.3 is 24.6 Å². The molecular formula is C41H50F3N3O5. The largest absolute Gasteiger partial charge is 0.497 e. The van der Waals surface area contributed by atoms with Crippen molar-refractivity contribution in [3.63, 3.8) is 0 Å². The Morgan fingerprint density at radius 1 is 1.00 bits per heavy atom. The number of aryl methyl sites for hydroxylation is 3. The minimum atomic E-state index is -4.73. The predicted molar refractivity (Wildman–Crippen MR) is 194 cm³/mol. The topological polar surface area (TPSA) is 101 Å². The molecule has 11 heteroatoms. The van der Waals surface area contributed by atoms with Crippen LogP contribution in [0.15, 0.2) is 41.3 Å². The number of nitrogens with zero attached hydrogens (tertiary/aromatic N) is 2. The van der Waals surface area contributed by atoms with Crippen molar-refractivity contribution in [2.45, 2.75) is 116 Å². The van der Waals surface area contributed by atoms with E-state index in [4.69, 9.17) is 4.74 Å². The van der Waals surface area contributed by atoms with Gasteiger partial charge in [-0.2, -0.15) is 13.2 Å². The van der Waals surface area contributed by atoms with Crippen molar-refractivity contribution >= 4 is 11.9 Å². The lowest BCUT2D eigenvalue weighted by Crippen LogP contribution is -2.41. The number of carbonyl (C=O) groups is 2. The highest BCUT2D eigenvalue weighted by molar-refractivity contribution is 5.82. The second kappa shape index (κ2) is 15.1. The maximum atomic E-state index is 14.4. The number of methoxy groups -OCH3 is 1. The second-order valence-electron chi connectivity index (χ2n) is 15.4. The zero-order valence-corrected chi connectivity index (χ0v) is 30.7. The van der Waals surface area contributed by atoms with Gasteiger partial charge in [0.2, 0.25) is 5.91 Å². The molecule has 1 saturated carbocycles. The highest BCUT2D eigenvalue weighted by Gasteiger charge is 2.40. The smallest absolute Gasteiger partial charge is 0.416 e. The number of ether oxygens (including phenoxy) is 1. The number of piperidine rings is 1. The van der Waals surface area contributed by atoms with E-state index in [1.807, 2.05) is 52.0 Å². The van der Waals surface area contributed by atoms with E-state index in [9.17, 15) is 32.7 Å². The maximum Gasteiger partial charge on any atom is 0.416 e. The first-order valence-corrected chi connectivity index (χ1v) is 18.5. The lowest BCUT2D eigenvalue weighted by atomic mass is 9.86. The summed E-state index contributed by atoms with van der Waals surface area (Å²) < 4.78 is 49.9. The Hall–Kier alpha value is -4.12. The number of aliphatic carboxylic acids is 1. The Bertz CT molecular complexity index is 1870. The summed E-state index contributed by atoms with van der Waals surface area (Å²) in [7, 11) is 1.62. The molecule has 2 heterocycles. The van der Waals surface area contributed by atoms with Crippen LogP contribution >= 0.6 is 0 Å². The standard InChI is InChI=1S/C41H50F3N3O5/c1-23(2)15-36(47-22-33(34(20-37(47)48)41(42,43)44)26-11-13-46(14-12-26)29-9-10-29)40(51)45-35(21-38(49)50)28-18-27-7-6-8-31(27)32(19-28)39-24(3)16-30(52-5)17-25(39)4/h16-20,22-23,26,29,35-36H,6-15,21H2,1-5H3,(H,45,51)(H,49,50)/t35-,36+/m0/s1. The van der Waals surface area contributed by atoms with Gasteiger partial charge in [-0.1, -0.05) is 19.9 Å². The number of aromatic nitrogens is 1. The molecule has 1 aliphatic heterocycles. The van der Waals surface area contributed by atoms with Crippen molar-refractivity contribution in [3.8, 4) is 16.9 Å². The fourth-order valence-corrected chi connectivity index (χ4v) is 8.50. The molecule has 2 N–H and O–H groups in total. The molecule has 2 fully saturated rings. The maximum absolute atomic E-state index is 14.4. The average molecular weight is 722 g/mol. The molecule has 0 unspecified atom stereocenters. The number of fused-ring (bicyclic) bond motifs is 1. The summed E-state index contributed by atoms with van der Waals surface area (Å²) in [6, 6.07) is 6.95.